The van der Waals surface area contributed by atoms with Gasteiger partial charge in [0.25, 0.3) is 0 Å². The number of rotatable bonds is 5. The Morgan fingerprint density at radius 3 is 2.56 bits per heavy atom. The van der Waals surface area contributed by atoms with Crippen molar-refractivity contribution in [3.8, 4) is 0 Å². The van der Waals surface area contributed by atoms with Crippen molar-refractivity contribution in [2.24, 2.45) is 0 Å². The predicted octanol–water partition coefficient (Wildman–Crippen LogP) is 3.87. The van der Waals surface area contributed by atoms with Gasteiger partial charge in [-0.25, -0.2) is 0 Å². The van der Waals surface area contributed by atoms with Crippen molar-refractivity contribution in [2.75, 3.05) is 0 Å². The molecule has 0 spiro atoms. The predicted molar refractivity (Wildman–Crippen MR) is 74.6 cm³/mol. The molecule has 0 fully saturated rings. The second-order valence-electron chi connectivity index (χ2n) is 4.93. The van der Waals surface area contributed by atoms with E-state index in [4.69, 9.17) is 4.42 Å². The van der Waals surface area contributed by atoms with Crippen molar-refractivity contribution in [3.63, 3.8) is 0 Å². The fourth-order valence-corrected chi connectivity index (χ4v) is 2.38. The molecule has 1 N–H and O–H groups in total. The van der Waals surface area contributed by atoms with Crippen molar-refractivity contribution >= 4 is 0 Å². The third-order valence-corrected chi connectivity index (χ3v) is 3.28. The molecule has 1 heterocycles. The van der Waals surface area contributed by atoms with Crippen LogP contribution in [0.5, 0.6) is 0 Å². The molecule has 0 saturated carbocycles. The summed E-state index contributed by atoms with van der Waals surface area (Å²) in [6.07, 6.45) is 2.65. The summed E-state index contributed by atoms with van der Waals surface area (Å²) in [5, 5.41) is 3.62. The Balaban J connectivity index is 1.95. The van der Waals surface area contributed by atoms with Crippen LogP contribution in [0.2, 0.25) is 0 Å². The molecule has 0 aliphatic rings. The minimum absolute atomic E-state index is 0.358. The fraction of sp³-hybridized carbons (Fsp3) is 0.375. The van der Waals surface area contributed by atoms with E-state index in [0.717, 1.165) is 12.2 Å². The van der Waals surface area contributed by atoms with Crippen molar-refractivity contribution < 1.29 is 4.42 Å². The van der Waals surface area contributed by atoms with Crippen LogP contribution in [0, 0.1) is 6.92 Å². The third-order valence-electron chi connectivity index (χ3n) is 3.28. The normalized spacial score (nSPS) is 14.4. The molecule has 0 radical (unpaired) electrons. The Morgan fingerprint density at radius 2 is 1.89 bits per heavy atom. The zero-order valence-corrected chi connectivity index (χ0v) is 11.3. The first-order valence-corrected chi connectivity index (χ1v) is 6.51. The van der Waals surface area contributed by atoms with Crippen molar-refractivity contribution in [2.45, 2.75) is 39.3 Å². The third kappa shape index (κ3) is 3.23. The molecule has 0 saturated heterocycles. The number of nitrogens with one attached hydrogen (secondary N) is 1. The average molecular weight is 243 g/mol. The highest BCUT2D eigenvalue weighted by atomic mass is 16.3. The number of aryl methyl sites for hydroxylation is 1. The quantitative estimate of drug-likeness (QED) is 0.862. The van der Waals surface area contributed by atoms with Gasteiger partial charge in [-0.1, -0.05) is 24.3 Å². The summed E-state index contributed by atoms with van der Waals surface area (Å²) in [5.41, 5.74) is 2.70. The van der Waals surface area contributed by atoms with E-state index in [1.165, 1.54) is 11.1 Å². The van der Waals surface area contributed by atoms with Crippen LogP contribution in [0.15, 0.2) is 47.1 Å². The van der Waals surface area contributed by atoms with Gasteiger partial charge in [-0.05, 0) is 44.0 Å². The number of hydrogen-bond donors (Lipinski definition) is 1. The van der Waals surface area contributed by atoms with Gasteiger partial charge < -0.3 is 9.73 Å². The molecule has 1 aromatic heterocycles. The topological polar surface area (TPSA) is 25.2 Å². The molecule has 2 nitrogen and oxygen atoms in total. The van der Waals surface area contributed by atoms with Crippen LogP contribution >= 0.6 is 0 Å². The van der Waals surface area contributed by atoms with Gasteiger partial charge in [-0.2, -0.15) is 0 Å². The molecule has 0 aliphatic carbocycles. The lowest BCUT2D eigenvalue weighted by molar-refractivity contribution is 0.428. The van der Waals surface area contributed by atoms with E-state index in [9.17, 15) is 0 Å². The van der Waals surface area contributed by atoms with Crippen LogP contribution in [0.25, 0.3) is 0 Å². The summed E-state index contributed by atoms with van der Waals surface area (Å²) in [5.74, 6) is 1.03. The lowest BCUT2D eigenvalue weighted by Gasteiger charge is -2.21. The molecule has 2 atom stereocenters. The van der Waals surface area contributed by atoms with Gasteiger partial charge in [-0.15, -0.1) is 0 Å². The van der Waals surface area contributed by atoms with E-state index in [1.54, 1.807) is 6.26 Å². The maximum absolute atomic E-state index is 5.38. The van der Waals surface area contributed by atoms with Crippen molar-refractivity contribution in [1.29, 1.82) is 0 Å². The molecule has 2 rings (SSSR count). The minimum Gasteiger partial charge on any atom is -0.469 e. The first-order valence-electron chi connectivity index (χ1n) is 6.51. The zero-order chi connectivity index (χ0) is 13.0. The van der Waals surface area contributed by atoms with Crippen LogP contribution in [0.4, 0.5) is 0 Å². The maximum Gasteiger partial charge on any atom is 0.105 e. The molecular weight excluding hydrogens is 222 g/mol. The van der Waals surface area contributed by atoms with Crippen LogP contribution in [-0.2, 0) is 6.42 Å². The molecule has 2 heteroatoms. The molecule has 96 valence electrons. The van der Waals surface area contributed by atoms with Gasteiger partial charge in [0, 0.05) is 18.5 Å². The standard InChI is InChI=1S/C16H21NO/c1-12-7-4-5-9-16(12)14(3)17-13(2)11-15-8-6-10-18-15/h4-10,13-14,17H,11H2,1-3H3/t13?,14-/m1/s1. The van der Waals surface area contributed by atoms with Crippen molar-refractivity contribution in [3.05, 3.63) is 59.5 Å². The first kappa shape index (κ1) is 12.9. The Hall–Kier alpha value is -1.54. The van der Waals surface area contributed by atoms with E-state index >= 15 is 0 Å². The van der Waals surface area contributed by atoms with Crippen LogP contribution in [0.3, 0.4) is 0 Å². The fourth-order valence-electron chi connectivity index (χ4n) is 2.38. The molecular formula is C16H21NO. The smallest absolute Gasteiger partial charge is 0.105 e. The molecule has 2 aromatic rings. The minimum atomic E-state index is 0.358. The Morgan fingerprint density at radius 1 is 1.11 bits per heavy atom. The molecule has 0 amide bonds. The summed E-state index contributed by atoms with van der Waals surface area (Å²) < 4.78 is 5.38. The van der Waals surface area contributed by atoms with Gasteiger partial charge in [0.15, 0.2) is 0 Å². The summed E-state index contributed by atoms with van der Waals surface area (Å²) in [6.45, 7) is 6.56. The largest absolute Gasteiger partial charge is 0.469 e. The number of benzene rings is 1. The lowest BCUT2D eigenvalue weighted by atomic mass is 10.0. The molecule has 1 aromatic carbocycles. The molecule has 0 bridgehead atoms. The summed E-state index contributed by atoms with van der Waals surface area (Å²) in [7, 11) is 0. The van der Waals surface area contributed by atoms with Crippen LogP contribution in [-0.4, -0.2) is 6.04 Å². The highest BCUT2D eigenvalue weighted by molar-refractivity contribution is 5.28. The summed E-state index contributed by atoms with van der Waals surface area (Å²) in [6, 6.07) is 13.2. The van der Waals surface area contributed by atoms with Crippen molar-refractivity contribution in [1.82, 2.24) is 5.32 Å². The highest BCUT2D eigenvalue weighted by Gasteiger charge is 2.12. The SMILES string of the molecule is Cc1ccccc1[C@@H](C)NC(C)Cc1ccco1. The van der Waals surface area contributed by atoms with Gasteiger partial charge >= 0.3 is 0 Å². The Kier molecular flexibility index (Phi) is 4.21. The van der Waals surface area contributed by atoms with Gasteiger partial charge in [0.2, 0.25) is 0 Å². The number of hydrogen-bond acceptors (Lipinski definition) is 2. The Labute approximate surface area is 109 Å². The average Bonchev–Trinajstić information content (AvgIpc) is 2.82. The van der Waals surface area contributed by atoms with E-state index in [-0.39, 0.29) is 0 Å². The van der Waals surface area contributed by atoms with E-state index < -0.39 is 0 Å². The van der Waals surface area contributed by atoms with E-state index in [0.29, 0.717) is 12.1 Å². The highest BCUT2D eigenvalue weighted by Crippen LogP contribution is 2.17. The second kappa shape index (κ2) is 5.87. The first-order chi connectivity index (χ1) is 8.66. The monoisotopic (exact) mass is 243 g/mol. The molecule has 0 aliphatic heterocycles. The number of furan rings is 1. The summed E-state index contributed by atoms with van der Waals surface area (Å²) in [4.78, 5) is 0. The van der Waals surface area contributed by atoms with Crippen LogP contribution < -0.4 is 5.32 Å². The lowest BCUT2D eigenvalue weighted by Crippen LogP contribution is -2.30. The molecule has 1 unspecified atom stereocenters. The van der Waals surface area contributed by atoms with Gasteiger partial charge in [-0.3, -0.25) is 0 Å². The summed E-state index contributed by atoms with van der Waals surface area (Å²) >= 11 is 0. The van der Waals surface area contributed by atoms with Gasteiger partial charge in [0.05, 0.1) is 6.26 Å². The molecule has 18 heavy (non-hydrogen) atoms. The van der Waals surface area contributed by atoms with E-state index in [2.05, 4.69) is 50.4 Å². The Bertz CT molecular complexity index is 476. The zero-order valence-electron chi connectivity index (χ0n) is 11.3. The van der Waals surface area contributed by atoms with E-state index in [1.807, 2.05) is 12.1 Å². The van der Waals surface area contributed by atoms with Gasteiger partial charge in [0.1, 0.15) is 5.76 Å². The van der Waals surface area contributed by atoms with Crippen LogP contribution in [0.1, 0.15) is 36.8 Å². The maximum atomic E-state index is 5.38. The second-order valence-corrected chi connectivity index (χ2v) is 4.93.